The van der Waals surface area contributed by atoms with E-state index < -0.39 is 9.20 Å². The van der Waals surface area contributed by atoms with E-state index in [0.29, 0.717) is 0 Å². The minimum absolute atomic E-state index is 1.28. The summed E-state index contributed by atoms with van der Waals surface area (Å²) in [5.41, 5.74) is 6.46. The maximum absolute atomic E-state index is 4.95. The summed E-state index contributed by atoms with van der Waals surface area (Å²) in [5, 5.41) is 1.34. The van der Waals surface area contributed by atoms with Crippen molar-refractivity contribution in [3.63, 3.8) is 0 Å². The molecular weight excluding hydrogens is 506 g/mol. The Morgan fingerprint density at radius 2 is 1.24 bits per heavy atom. The van der Waals surface area contributed by atoms with Gasteiger partial charge >= 0.3 is 49.6 Å². The summed E-state index contributed by atoms with van der Waals surface area (Å²) in [6.07, 6.45) is 0. The first-order valence-corrected chi connectivity index (χ1v) is 15.6. The molecule has 0 spiro atoms. The number of halogens is 4. The summed E-state index contributed by atoms with van der Waals surface area (Å²) < 4.78 is 1.33. The van der Waals surface area contributed by atoms with Crippen LogP contribution in [0, 0.1) is 13.8 Å². The van der Waals surface area contributed by atoms with Crippen LogP contribution in [0.1, 0.15) is 11.1 Å². The molecule has 0 aliphatic heterocycles. The summed E-state index contributed by atoms with van der Waals surface area (Å²) in [5.74, 6) is 0. The number of benzene rings is 3. The number of hydrogen-bond donors (Lipinski definition) is 0. The molecule has 1 aromatic heterocycles. The first-order valence-electron chi connectivity index (χ1n) is 8.74. The Balaban J connectivity index is 0.000000431. The zero-order valence-corrected chi connectivity index (χ0v) is 20.7. The molecule has 0 amide bonds. The van der Waals surface area contributed by atoms with E-state index in [1.54, 1.807) is 0 Å². The molecule has 0 bridgehead atoms. The van der Waals surface area contributed by atoms with Crippen LogP contribution in [0.25, 0.3) is 31.7 Å². The predicted octanol–water partition coefficient (Wildman–Crippen LogP) is 9.89. The zero-order valence-electron chi connectivity index (χ0n) is 15.8. The molecule has 0 nitrogen and oxygen atoms in total. The van der Waals surface area contributed by atoms with Crippen molar-refractivity contribution < 1.29 is 9.20 Å². The van der Waals surface area contributed by atoms with Gasteiger partial charge in [-0.1, -0.05) is 59.7 Å². The normalized spacial score (nSPS) is 11.7. The molecule has 0 saturated heterocycles. The molecule has 0 N–H and O–H groups in total. The fourth-order valence-corrected chi connectivity index (χ4v) is 4.10. The SMILES string of the molecule is Cc1ccc(-c2cc(-c3ccccc3)[s+]c3ccc(C)cc23)cc1.[Cl][Fe]([Cl])([Cl])[Cl]. The molecular formula is C23H19Cl4FeS+. The van der Waals surface area contributed by atoms with Crippen molar-refractivity contribution in [3.05, 3.63) is 90.0 Å². The van der Waals surface area contributed by atoms with Crippen LogP contribution in [0.15, 0.2) is 78.9 Å². The molecule has 29 heavy (non-hydrogen) atoms. The van der Waals surface area contributed by atoms with Crippen molar-refractivity contribution >= 4 is 61.8 Å². The van der Waals surface area contributed by atoms with Crippen LogP contribution < -0.4 is 0 Å². The maximum atomic E-state index is 4.95. The molecule has 6 heteroatoms. The van der Waals surface area contributed by atoms with E-state index in [2.05, 4.69) is 92.7 Å². The first-order chi connectivity index (χ1) is 13.7. The minimum atomic E-state index is -2.61. The van der Waals surface area contributed by atoms with Gasteiger partial charge in [-0.2, -0.15) is 0 Å². The van der Waals surface area contributed by atoms with Crippen molar-refractivity contribution in [2.45, 2.75) is 13.8 Å². The molecule has 4 rings (SSSR count). The summed E-state index contributed by atoms with van der Waals surface area (Å²) in [4.78, 5) is 1.31. The number of rotatable bonds is 2. The van der Waals surface area contributed by atoms with Gasteiger partial charge in [0.2, 0.25) is 20.9 Å². The number of hydrogen-bond acceptors (Lipinski definition) is 0. The summed E-state index contributed by atoms with van der Waals surface area (Å²) in [7, 11) is 17.2. The van der Waals surface area contributed by atoms with Gasteiger partial charge in [0.1, 0.15) is 0 Å². The van der Waals surface area contributed by atoms with Crippen LogP contribution >= 0.6 is 51.7 Å². The fraction of sp³-hybridized carbons (Fsp3) is 0.0870. The average molecular weight is 525 g/mol. The van der Waals surface area contributed by atoms with Crippen LogP contribution in [0.4, 0.5) is 0 Å². The Kier molecular flexibility index (Phi) is 7.87. The van der Waals surface area contributed by atoms with E-state index in [0.717, 1.165) is 0 Å². The van der Waals surface area contributed by atoms with Gasteiger partial charge in [0.05, 0.1) is 0 Å². The molecule has 0 radical (unpaired) electrons. The number of aryl methyl sites for hydroxylation is 2. The Labute approximate surface area is 195 Å². The van der Waals surface area contributed by atoms with Crippen molar-refractivity contribution in [2.24, 2.45) is 0 Å². The quantitative estimate of drug-likeness (QED) is 0.181. The molecule has 0 fully saturated rings. The molecule has 152 valence electrons. The third-order valence-corrected chi connectivity index (χ3v) is 5.49. The van der Waals surface area contributed by atoms with Crippen molar-refractivity contribution in [2.75, 3.05) is 0 Å². The Morgan fingerprint density at radius 1 is 0.655 bits per heavy atom. The van der Waals surface area contributed by atoms with Gasteiger partial charge in [0.25, 0.3) is 0 Å². The van der Waals surface area contributed by atoms with Gasteiger partial charge in [0.15, 0.2) is 0 Å². The third-order valence-electron chi connectivity index (χ3n) is 4.34. The topological polar surface area (TPSA) is 0 Å². The van der Waals surface area contributed by atoms with Crippen molar-refractivity contribution in [1.82, 2.24) is 0 Å². The molecule has 0 atom stereocenters. The number of fused-ring (bicyclic) bond motifs is 1. The molecule has 0 aliphatic rings. The Morgan fingerprint density at radius 3 is 1.86 bits per heavy atom. The fourth-order valence-electron chi connectivity index (χ4n) is 3.02. The van der Waals surface area contributed by atoms with E-state index >= 15 is 0 Å². The van der Waals surface area contributed by atoms with E-state index in [1.165, 1.54) is 42.8 Å². The molecule has 0 unspecified atom stereocenters. The summed E-state index contributed by atoms with van der Waals surface area (Å²) in [6.45, 7) is 4.29. The van der Waals surface area contributed by atoms with E-state index in [9.17, 15) is 0 Å². The standard InChI is InChI=1S/C23H19S.4ClH.Fe/c1-16-8-11-18(12-9-16)20-15-23(19-6-4-3-5-7-19)24-22-13-10-17(2)14-21(20)22;;;;;/h3-15H,1-2H3;4*1H;/q+1;;;;;+4/p-4. The van der Waals surface area contributed by atoms with Gasteiger partial charge in [0, 0.05) is 28.6 Å². The average Bonchev–Trinajstić information content (AvgIpc) is 2.67. The van der Waals surface area contributed by atoms with Gasteiger partial charge in [-0.05, 0) is 37.6 Å². The van der Waals surface area contributed by atoms with Crippen LogP contribution in [-0.2, 0) is 9.20 Å². The summed E-state index contributed by atoms with van der Waals surface area (Å²) >= 11 is 1.86. The van der Waals surface area contributed by atoms with Crippen molar-refractivity contribution in [3.8, 4) is 21.6 Å². The van der Waals surface area contributed by atoms with Gasteiger partial charge in [-0.15, -0.1) is 0 Å². The van der Waals surface area contributed by atoms with Crippen LogP contribution in [-0.4, -0.2) is 0 Å². The second-order valence-corrected chi connectivity index (χ2v) is 18.6. The molecule has 0 saturated carbocycles. The monoisotopic (exact) mass is 523 g/mol. The van der Waals surface area contributed by atoms with Crippen molar-refractivity contribution in [1.29, 1.82) is 0 Å². The predicted molar refractivity (Wildman–Crippen MR) is 130 cm³/mol. The summed E-state index contributed by atoms with van der Waals surface area (Å²) in [6, 6.07) is 28.6. The van der Waals surface area contributed by atoms with Crippen LogP contribution in [0.3, 0.4) is 0 Å². The molecule has 3 aromatic carbocycles. The second-order valence-electron chi connectivity index (χ2n) is 6.56. The first kappa shape index (κ1) is 22.8. The molecule has 1 heterocycles. The van der Waals surface area contributed by atoms with Crippen LogP contribution in [0.5, 0.6) is 0 Å². The van der Waals surface area contributed by atoms with E-state index in [4.69, 9.17) is 40.4 Å². The molecule has 0 aliphatic carbocycles. The van der Waals surface area contributed by atoms with Gasteiger partial charge in [-0.3, -0.25) is 0 Å². The van der Waals surface area contributed by atoms with E-state index in [1.807, 2.05) is 11.3 Å². The third kappa shape index (κ3) is 6.84. The zero-order chi connectivity index (χ0) is 21.0. The van der Waals surface area contributed by atoms with E-state index in [-0.39, 0.29) is 0 Å². The Hall–Kier alpha value is -0.831. The van der Waals surface area contributed by atoms with Crippen LogP contribution in [0.2, 0.25) is 0 Å². The second kappa shape index (κ2) is 9.98. The Bertz CT molecular complexity index is 1100. The van der Waals surface area contributed by atoms with Gasteiger partial charge in [-0.25, -0.2) is 0 Å². The van der Waals surface area contributed by atoms with Gasteiger partial charge < -0.3 is 0 Å². The molecule has 4 aromatic rings.